The molecule has 76 valence electrons. The van der Waals surface area contributed by atoms with Crippen LogP contribution in [0.1, 0.15) is 12.5 Å². The molecule has 1 fully saturated rings. The molecule has 0 N–H and O–H groups in total. The van der Waals surface area contributed by atoms with Gasteiger partial charge < -0.3 is 9.47 Å². The van der Waals surface area contributed by atoms with Gasteiger partial charge in [-0.25, -0.2) is 0 Å². The first-order valence-corrected chi connectivity index (χ1v) is 4.59. The van der Waals surface area contributed by atoms with Crippen molar-refractivity contribution in [3.05, 3.63) is 36.4 Å². The molecule has 0 spiro atoms. The maximum Gasteiger partial charge on any atom is 0.119 e. The van der Waals surface area contributed by atoms with E-state index in [0.29, 0.717) is 6.61 Å². The van der Waals surface area contributed by atoms with Gasteiger partial charge in [-0.05, 0) is 30.2 Å². The van der Waals surface area contributed by atoms with Crippen molar-refractivity contribution in [2.45, 2.75) is 19.4 Å². The third-order valence-electron chi connectivity index (χ3n) is 2.07. The molecule has 1 aliphatic rings. The van der Waals surface area contributed by atoms with Crippen molar-refractivity contribution in [3.63, 3.8) is 0 Å². The molecule has 1 heterocycles. The van der Waals surface area contributed by atoms with Gasteiger partial charge in [0.1, 0.15) is 5.75 Å². The van der Waals surface area contributed by atoms with Crippen LogP contribution in [0.2, 0.25) is 0 Å². The second kappa shape index (κ2) is 5.53. The summed E-state index contributed by atoms with van der Waals surface area (Å²) in [6.07, 6.45) is 1.28. The first-order valence-electron chi connectivity index (χ1n) is 4.59. The van der Waals surface area contributed by atoms with Crippen molar-refractivity contribution in [3.8, 4) is 5.75 Å². The first kappa shape index (κ1) is 11.7. The number of benzene rings is 1. The molecule has 1 aromatic rings. The minimum absolute atomic E-state index is 0. The third kappa shape index (κ3) is 3.43. The quantitative estimate of drug-likeness (QED) is 0.606. The Bertz CT molecular complexity index is 267. The number of aryl methyl sites for hydroxylation is 1. The largest absolute Gasteiger partial charge is 0.567 e. The molecule has 0 aromatic heterocycles. The normalized spacial score (nSPS) is 18.5. The summed E-state index contributed by atoms with van der Waals surface area (Å²) in [6.45, 7) is 4.55. The Morgan fingerprint density at radius 1 is 1.36 bits per heavy atom. The Balaban J connectivity index is 0.000000980. The maximum absolute atomic E-state index is 5.47. The van der Waals surface area contributed by atoms with Crippen LogP contribution in [0.4, 0.5) is 0 Å². The van der Waals surface area contributed by atoms with Gasteiger partial charge in [-0.1, -0.05) is 19.1 Å². The average molecular weight is 361 g/mol. The number of hydrogen-bond donors (Lipinski definition) is 0. The van der Waals surface area contributed by atoms with Gasteiger partial charge in [-0.3, -0.25) is 0 Å². The van der Waals surface area contributed by atoms with Crippen LogP contribution < -0.4 is 4.74 Å². The van der Waals surface area contributed by atoms with Crippen LogP contribution in [0.25, 0.3) is 0 Å². The van der Waals surface area contributed by atoms with Crippen molar-refractivity contribution < 1.29 is 30.5 Å². The van der Waals surface area contributed by atoms with Crippen molar-refractivity contribution in [1.29, 1.82) is 0 Å². The fourth-order valence-corrected chi connectivity index (χ4v) is 1.13. The maximum atomic E-state index is 5.47. The zero-order valence-electron chi connectivity index (χ0n) is 8.10. The van der Waals surface area contributed by atoms with Gasteiger partial charge in [-0.2, -0.15) is 6.61 Å². The van der Waals surface area contributed by atoms with E-state index >= 15 is 0 Å². The van der Waals surface area contributed by atoms with Crippen LogP contribution in [-0.2, 0) is 32.2 Å². The zero-order chi connectivity index (χ0) is 9.10. The van der Waals surface area contributed by atoms with Crippen molar-refractivity contribution in [1.82, 2.24) is 0 Å². The van der Waals surface area contributed by atoms with E-state index in [-0.39, 0.29) is 27.2 Å². The standard InChI is InChI=1S/C11H13O2.W/c1-2-9-3-5-10(6-4-9)12-7-11-8-13-11;/h3-6,8,11H,2,7H2,1H3;/q-1;. The summed E-state index contributed by atoms with van der Waals surface area (Å²) in [5.74, 6) is 0.918. The molecule has 2 nitrogen and oxygen atoms in total. The molecule has 0 bridgehead atoms. The SMILES string of the molecule is CCc1ccc(OCC2[CH-]O2)cc1.[W]. The summed E-state index contributed by atoms with van der Waals surface area (Å²) < 4.78 is 10.4. The molecule has 0 radical (unpaired) electrons. The zero-order valence-corrected chi connectivity index (χ0v) is 11.0. The fourth-order valence-electron chi connectivity index (χ4n) is 1.13. The topological polar surface area (TPSA) is 21.8 Å². The van der Waals surface area contributed by atoms with Crippen LogP contribution in [0.5, 0.6) is 5.75 Å². The second-order valence-corrected chi connectivity index (χ2v) is 3.12. The average Bonchev–Trinajstić information content (AvgIpc) is 2.99. The smallest absolute Gasteiger partial charge is 0.119 e. The Morgan fingerprint density at radius 2 is 2.00 bits per heavy atom. The van der Waals surface area contributed by atoms with Crippen LogP contribution in [0, 0.1) is 6.61 Å². The van der Waals surface area contributed by atoms with Gasteiger partial charge in [0, 0.05) is 21.1 Å². The Labute approximate surface area is 98.9 Å². The number of ether oxygens (including phenoxy) is 2. The van der Waals surface area contributed by atoms with Gasteiger partial charge in [-0.15, -0.1) is 0 Å². The number of hydrogen-bond acceptors (Lipinski definition) is 2. The monoisotopic (exact) mass is 361 g/mol. The molecule has 0 amide bonds. The van der Waals surface area contributed by atoms with E-state index < -0.39 is 0 Å². The van der Waals surface area contributed by atoms with E-state index in [1.165, 1.54) is 5.56 Å². The molecule has 2 rings (SSSR count). The van der Waals surface area contributed by atoms with E-state index in [9.17, 15) is 0 Å². The number of rotatable bonds is 4. The van der Waals surface area contributed by atoms with E-state index in [1.54, 1.807) is 6.61 Å². The second-order valence-electron chi connectivity index (χ2n) is 3.12. The van der Waals surface area contributed by atoms with E-state index in [4.69, 9.17) is 9.47 Å². The minimum Gasteiger partial charge on any atom is -0.567 e. The number of epoxide rings is 1. The molecule has 1 unspecified atom stereocenters. The molecule has 14 heavy (non-hydrogen) atoms. The van der Waals surface area contributed by atoms with Crippen LogP contribution in [-0.4, -0.2) is 12.7 Å². The van der Waals surface area contributed by atoms with Crippen molar-refractivity contribution in [2.24, 2.45) is 0 Å². The van der Waals surface area contributed by atoms with Gasteiger partial charge >= 0.3 is 0 Å². The Morgan fingerprint density at radius 3 is 2.50 bits per heavy atom. The molecule has 1 atom stereocenters. The molecule has 1 aliphatic heterocycles. The van der Waals surface area contributed by atoms with Crippen LogP contribution in [0.3, 0.4) is 0 Å². The van der Waals surface area contributed by atoms with Gasteiger partial charge in [0.2, 0.25) is 0 Å². The van der Waals surface area contributed by atoms with E-state index in [2.05, 4.69) is 19.1 Å². The summed E-state index contributed by atoms with van der Waals surface area (Å²) in [7, 11) is 0. The minimum atomic E-state index is 0. The molecular weight excluding hydrogens is 348 g/mol. The van der Waals surface area contributed by atoms with Crippen molar-refractivity contribution in [2.75, 3.05) is 6.61 Å². The van der Waals surface area contributed by atoms with Gasteiger partial charge in [0.15, 0.2) is 0 Å². The predicted molar refractivity (Wildman–Crippen MR) is 50.5 cm³/mol. The van der Waals surface area contributed by atoms with E-state index in [1.807, 2.05) is 12.1 Å². The molecule has 0 saturated carbocycles. The van der Waals surface area contributed by atoms with Gasteiger partial charge in [0.05, 0.1) is 6.61 Å². The Kier molecular flexibility index (Phi) is 4.63. The third-order valence-corrected chi connectivity index (χ3v) is 2.07. The molecule has 1 aromatic carbocycles. The summed E-state index contributed by atoms with van der Waals surface area (Å²) >= 11 is 0. The molecule has 0 aliphatic carbocycles. The van der Waals surface area contributed by atoms with Crippen LogP contribution >= 0.6 is 0 Å². The Hall–Kier alpha value is -0.332. The van der Waals surface area contributed by atoms with Crippen LogP contribution in [0.15, 0.2) is 24.3 Å². The first-order chi connectivity index (χ1) is 6.38. The molecule has 1 saturated heterocycles. The molecule has 3 heteroatoms. The van der Waals surface area contributed by atoms with E-state index in [0.717, 1.165) is 12.2 Å². The summed E-state index contributed by atoms with van der Waals surface area (Å²) in [5.41, 5.74) is 1.33. The summed E-state index contributed by atoms with van der Waals surface area (Å²) in [6, 6.07) is 8.18. The molecular formula is C11H13O2W-. The predicted octanol–water partition coefficient (Wildman–Crippen LogP) is 2.19. The summed E-state index contributed by atoms with van der Waals surface area (Å²) in [4.78, 5) is 0. The fraction of sp³-hybridized carbons (Fsp3) is 0.364. The van der Waals surface area contributed by atoms with Crippen molar-refractivity contribution >= 4 is 0 Å². The summed E-state index contributed by atoms with van der Waals surface area (Å²) in [5, 5.41) is 0. The van der Waals surface area contributed by atoms with Gasteiger partial charge in [0.25, 0.3) is 0 Å².